The Morgan fingerprint density at radius 3 is 1.70 bits per heavy atom. The van der Waals surface area contributed by atoms with Crippen LogP contribution in [0, 0.1) is 6.92 Å². The lowest BCUT2D eigenvalue weighted by Gasteiger charge is -2.07. The van der Waals surface area contributed by atoms with Crippen LogP contribution < -0.4 is 9.47 Å². The van der Waals surface area contributed by atoms with Gasteiger partial charge in [-0.25, -0.2) is 9.59 Å². The van der Waals surface area contributed by atoms with Gasteiger partial charge in [0.2, 0.25) is 0 Å². The number of carbonyl (C=O) groups excluding carboxylic acids is 2. The zero-order chi connectivity index (χ0) is 20.4. The molecule has 0 radical (unpaired) electrons. The smallest absolute Gasteiger partial charge is 0.337 e. The largest absolute Gasteiger partial charge is 0.496 e. The van der Waals surface area contributed by atoms with E-state index in [0.29, 0.717) is 16.5 Å². The zero-order valence-electron chi connectivity index (χ0n) is 16.0. The van der Waals surface area contributed by atoms with Crippen molar-refractivity contribution in [1.29, 1.82) is 0 Å². The number of aryl methyl sites for hydroxylation is 1. The zero-order valence-corrected chi connectivity index (χ0v) is 17.6. The number of benzene rings is 2. The summed E-state index contributed by atoms with van der Waals surface area (Å²) in [4.78, 5) is 22.3. The van der Waals surface area contributed by atoms with E-state index >= 15 is 0 Å². The van der Waals surface area contributed by atoms with Crippen molar-refractivity contribution < 1.29 is 28.5 Å². The minimum atomic E-state index is -0.338. The van der Waals surface area contributed by atoms with Gasteiger partial charge in [-0.15, -0.1) is 0 Å². The van der Waals surface area contributed by atoms with Crippen LogP contribution in [0.5, 0.6) is 11.5 Å². The molecule has 0 N–H and O–H groups in total. The summed E-state index contributed by atoms with van der Waals surface area (Å²) in [7, 11) is 5.92. The molecule has 0 spiro atoms. The van der Waals surface area contributed by atoms with E-state index in [4.69, 9.17) is 9.47 Å². The van der Waals surface area contributed by atoms with Crippen LogP contribution >= 0.6 is 15.9 Å². The number of methoxy groups -OCH3 is 4. The normalized spacial score (nSPS) is 9.56. The summed E-state index contributed by atoms with van der Waals surface area (Å²) >= 11 is 3.32. The van der Waals surface area contributed by atoms with Gasteiger partial charge in [-0.1, -0.05) is 15.9 Å². The fraction of sp³-hybridized carbons (Fsp3) is 0.300. The highest BCUT2D eigenvalue weighted by Crippen LogP contribution is 2.22. The predicted octanol–water partition coefficient (Wildman–Crippen LogP) is 4.17. The van der Waals surface area contributed by atoms with Crippen molar-refractivity contribution >= 4 is 27.9 Å². The molecule has 0 fully saturated rings. The quantitative estimate of drug-likeness (QED) is 0.515. The Kier molecular flexibility index (Phi) is 9.36. The van der Waals surface area contributed by atoms with Crippen molar-refractivity contribution in [1.82, 2.24) is 0 Å². The second kappa shape index (κ2) is 11.2. The molecule has 0 saturated heterocycles. The maximum atomic E-state index is 11.2. The number of hydrogen-bond donors (Lipinski definition) is 0. The molecule has 0 heterocycles. The van der Waals surface area contributed by atoms with E-state index in [1.54, 1.807) is 50.6 Å². The number of hydrogen-bond acceptors (Lipinski definition) is 6. The molecule has 2 aromatic carbocycles. The first-order valence-corrected chi connectivity index (χ1v) is 9.08. The minimum Gasteiger partial charge on any atom is -0.496 e. The van der Waals surface area contributed by atoms with E-state index in [9.17, 15) is 9.59 Å². The molecular weight excluding hydrogens is 416 g/mol. The van der Waals surface area contributed by atoms with Crippen LogP contribution in [-0.4, -0.2) is 40.4 Å². The van der Waals surface area contributed by atoms with Gasteiger partial charge in [-0.05, 0) is 48.9 Å². The number of esters is 2. The first-order chi connectivity index (χ1) is 12.9. The van der Waals surface area contributed by atoms with Crippen molar-refractivity contribution in [3.8, 4) is 11.5 Å². The highest BCUT2D eigenvalue weighted by molar-refractivity contribution is 9.08. The number of carbonyl (C=O) groups is 2. The van der Waals surface area contributed by atoms with Crippen LogP contribution in [0.2, 0.25) is 0 Å². The lowest BCUT2D eigenvalue weighted by atomic mass is 10.1. The van der Waals surface area contributed by atoms with Crippen LogP contribution in [-0.2, 0) is 14.8 Å². The molecule has 6 nitrogen and oxygen atoms in total. The summed E-state index contributed by atoms with van der Waals surface area (Å²) in [5, 5.41) is 0.640. The standard InChI is InChI=1S/C10H11BrO3.C10H12O3/c1-13-9-4-3-7(10(12)14-2)5-8(9)6-11;1-7-6-8(10(11)13-3)4-5-9(7)12-2/h3-5H,6H2,1-2H3;4-6H,1-3H3. The van der Waals surface area contributed by atoms with Gasteiger partial charge in [0.15, 0.2) is 0 Å². The van der Waals surface area contributed by atoms with Gasteiger partial charge in [-0.3, -0.25) is 0 Å². The molecule has 0 bridgehead atoms. The van der Waals surface area contributed by atoms with Gasteiger partial charge < -0.3 is 18.9 Å². The van der Waals surface area contributed by atoms with E-state index in [0.717, 1.165) is 22.6 Å². The van der Waals surface area contributed by atoms with E-state index in [2.05, 4.69) is 25.4 Å². The van der Waals surface area contributed by atoms with Crippen LogP contribution in [0.15, 0.2) is 36.4 Å². The molecule has 0 aliphatic carbocycles. The molecule has 146 valence electrons. The third-order valence-electron chi connectivity index (χ3n) is 3.66. The van der Waals surface area contributed by atoms with Gasteiger partial charge in [0.05, 0.1) is 39.6 Å². The average molecular weight is 439 g/mol. The van der Waals surface area contributed by atoms with Gasteiger partial charge in [0, 0.05) is 10.9 Å². The molecule has 0 unspecified atom stereocenters. The molecule has 0 aliphatic rings. The Balaban J connectivity index is 0.000000271. The summed E-state index contributed by atoms with van der Waals surface area (Å²) in [5.74, 6) is 0.864. The van der Waals surface area contributed by atoms with Gasteiger partial charge in [-0.2, -0.15) is 0 Å². The third-order valence-corrected chi connectivity index (χ3v) is 4.27. The summed E-state index contributed by atoms with van der Waals surface area (Å²) in [6.45, 7) is 1.88. The lowest BCUT2D eigenvalue weighted by Crippen LogP contribution is -2.02. The second-order valence-corrected chi connectivity index (χ2v) is 5.89. The van der Waals surface area contributed by atoms with Gasteiger partial charge >= 0.3 is 11.9 Å². The molecule has 0 aliphatic heterocycles. The Bertz CT molecular complexity index is 788. The average Bonchev–Trinajstić information content (AvgIpc) is 2.72. The SMILES string of the molecule is COC(=O)c1ccc(OC)c(C)c1.COC(=O)c1ccc(OC)c(CBr)c1. The van der Waals surface area contributed by atoms with Crippen LogP contribution in [0.3, 0.4) is 0 Å². The number of ether oxygens (including phenoxy) is 4. The Hall–Kier alpha value is -2.54. The summed E-state index contributed by atoms with van der Waals surface area (Å²) in [6, 6.07) is 10.4. The molecule has 27 heavy (non-hydrogen) atoms. The molecule has 0 amide bonds. The number of rotatable bonds is 5. The van der Waals surface area contributed by atoms with Crippen LogP contribution in [0.4, 0.5) is 0 Å². The van der Waals surface area contributed by atoms with E-state index < -0.39 is 0 Å². The number of halogens is 1. The Morgan fingerprint density at radius 1 is 0.815 bits per heavy atom. The lowest BCUT2D eigenvalue weighted by molar-refractivity contribution is 0.0591. The van der Waals surface area contributed by atoms with Crippen LogP contribution in [0.25, 0.3) is 0 Å². The van der Waals surface area contributed by atoms with Gasteiger partial charge in [0.25, 0.3) is 0 Å². The summed E-state index contributed by atoms with van der Waals surface area (Å²) < 4.78 is 19.4. The van der Waals surface area contributed by atoms with Crippen LogP contribution in [0.1, 0.15) is 31.8 Å². The highest BCUT2D eigenvalue weighted by atomic mass is 79.9. The summed E-state index contributed by atoms with van der Waals surface area (Å²) in [5.41, 5.74) is 2.92. The monoisotopic (exact) mass is 438 g/mol. The van der Waals surface area contributed by atoms with E-state index in [1.165, 1.54) is 14.2 Å². The molecule has 2 rings (SSSR count). The first-order valence-electron chi connectivity index (χ1n) is 7.95. The topological polar surface area (TPSA) is 71.1 Å². The fourth-order valence-electron chi connectivity index (χ4n) is 2.25. The highest BCUT2D eigenvalue weighted by Gasteiger charge is 2.09. The maximum Gasteiger partial charge on any atom is 0.337 e. The van der Waals surface area contributed by atoms with Crippen molar-refractivity contribution in [3.63, 3.8) is 0 Å². The second-order valence-electron chi connectivity index (χ2n) is 5.33. The molecule has 2 aromatic rings. The molecule has 0 saturated carbocycles. The van der Waals surface area contributed by atoms with Crippen molar-refractivity contribution in [2.45, 2.75) is 12.3 Å². The maximum absolute atomic E-state index is 11.2. The Morgan fingerprint density at radius 2 is 1.30 bits per heavy atom. The predicted molar refractivity (Wildman–Crippen MR) is 106 cm³/mol. The first kappa shape index (κ1) is 22.5. The summed E-state index contributed by atoms with van der Waals surface area (Å²) in [6.07, 6.45) is 0. The van der Waals surface area contributed by atoms with Crippen molar-refractivity contribution in [3.05, 3.63) is 58.7 Å². The van der Waals surface area contributed by atoms with E-state index in [1.807, 2.05) is 6.92 Å². The number of alkyl halides is 1. The van der Waals surface area contributed by atoms with Gasteiger partial charge in [0.1, 0.15) is 11.5 Å². The molecule has 0 aromatic heterocycles. The molecule has 7 heteroatoms. The van der Waals surface area contributed by atoms with Crippen molar-refractivity contribution in [2.75, 3.05) is 28.4 Å². The Labute approximate surface area is 167 Å². The van der Waals surface area contributed by atoms with E-state index in [-0.39, 0.29) is 11.9 Å². The molecule has 0 atom stereocenters. The molecular formula is C20H23BrO6. The minimum absolute atomic E-state index is 0.328. The fourth-order valence-corrected chi connectivity index (χ4v) is 2.69. The van der Waals surface area contributed by atoms with Crippen molar-refractivity contribution in [2.24, 2.45) is 0 Å². The third kappa shape index (κ3) is 6.29.